The minimum Gasteiger partial charge on any atom is -0.452 e. The third kappa shape index (κ3) is 2.10. The Bertz CT molecular complexity index is 1120. The predicted molar refractivity (Wildman–Crippen MR) is 87.1 cm³/mol. The van der Waals surface area contributed by atoms with E-state index in [0.717, 1.165) is 0 Å². The van der Waals surface area contributed by atoms with Crippen LogP contribution in [0, 0.1) is 0 Å². The molecular weight excluding hydrogens is 310 g/mol. The molecule has 4 rings (SSSR count). The molecule has 24 heavy (non-hydrogen) atoms. The maximum atomic E-state index is 12.2. The fourth-order valence-electron chi connectivity index (χ4n) is 2.78. The number of carbonyl (C=O) groups excluding carboxylic acids is 1. The molecule has 0 aliphatic rings. The first-order chi connectivity index (χ1) is 11.7. The molecule has 120 valence electrons. The highest BCUT2D eigenvalue weighted by Crippen LogP contribution is 2.19. The second-order valence-electron chi connectivity index (χ2n) is 5.24. The van der Waals surface area contributed by atoms with Crippen LogP contribution in [0.2, 0.25) is 0 Å². The van der Waals surface area contributed by atoms with E-state index in [4.69, 9.17) is 9.15 Å². The van der Waals surface area contributed by atoms with Crippen LogP contribution in [0.15, 0.2) is 57.7 Å². The highest BCUT2D eigenvalue weighted by atomic mass is 16.5. The summed E-state index contributed by atoms with van der Waals surface area (Å²) in [6, 6.07) is 14.3. The molecular formula is C17H13N3O4. The molecule has 2 heterocycles. The molecule has 7 heteroatoms. The molecule has 0 radical (unpaired) electrons. The molecule has 2 aromatic heterocycles. The van der Waals surface area contributed by atoms with Gasteiger partial charge in [0, 0.05) is 0 Å². The van der Waals surface area contributed by atoms with E-state index in [0.29, 0.717) is 28.0 Å². The van der Waals surface area contributed by atoms with Crippen LogP contribution in [0.3, 0.4) is 0 Å². The second kappa shape index (κ2) is 5.38. The Balaban J connectivity index is 1.92. The van der Waals surface area contributed by atoms with Crippen LogP contribution in [0.1, 0.15) is 5.82 Å². The van der Waals surface area contributed by atoms with Gasteiger partial charge in [0.05, 0.1) is 30.2 Å². The largest absolute Gasteiger partial charge is 0.452 e. The molecule has 2 aromatic carbocycles. The van der Waals surface area contributed by atoms with Gasteiger partial charge in [0.2, 0.25) is 0 Å². The lowest BCUT2D eigenvalue weighted by Crippen LogP contribution is -2.21. The molecule has 0 fully saturated rings. The number of fused-ring (bicyclic) bond motifs is 2. The quantitative estimate of drug-likeness (QED) is 0.566. The Hall–Kier alpha value is -3.35. The van der Waals surface area contributed by atoms with Crippen molar-refractivity contribution in [1.82, 2.24) is 14.1 Å². The highest BCUT2D eigenvalue weighted by Gasteiger charge is 2.19. The summed E-state index contributed by atoms with van der Waals surface area (Å²) in [6.45, 7) is 0.0969. The molecule has 0 saturated carbocycles. The second-order valence-corrected chi connectivity index (χ2v) is 5.24. The predicted octanol–water partition coefficient (Wildman–Crippen LogP) is 2.61. The normalized spacial score (nSPS) is 11.2. The Morgan fingerprint density at radius 1 is 1.12 bits per heavy atom. The van der Waals surface area contributed by atoms with Gasteiger partial charge in [-0.2, -0.15) is 0 Å². The van der Waals surface area contributed by atoms with Crippen molar-refractivity contribution in [3.05, 3.63) is 64.9 Å². The number of aromatic nitrogens is 3. The van der Waals surface area contributed by atoms with Crippen molar-refractivity contribution in [2.45, 2.75) is 6.54 Å². The number of imidazole rings is 1. The van der Waals surface area contributed by atoms with E-state index in [-0.39, 0.29) is 6.54 Å². The third-order valence-electron chi connectivity index (χ3n) is 3.86. The number of para-hydroxylation sites is 4. The highest BCUT2D eigenvalue weighted by molar-refractivity contribution is 5.87. The van der Waals surface area contributed by atoms with Gasteiger partial charge in [-0.3, -0.25) is 4.57 Å². The maximum absolute atomic E-state index is 12.2. The van der Waals surface area contributed by atoms with Crippen LogP contribution in [0.25, 0.3) is 22.1 Å². The van der Waals surface area contributed by atoms with Gasteiger partial charge >= 0.3 is 11.8 Å². The number of carbonyl (C=O) groups is 1. The first-order valence-corrected chi connectivity index (χ1v) is 7.32. The van der Waals surface area contributed by atoms with Gasteiger partial charge in [-0.05, 0) is 24.3 Å². The summed E-state index contributed by atoms with van der Waals surface area (Å²) in [5, 5.41) is 0. The maximum Gasteiger partial charge on any atom is 0.420 e. The van der Waals surface area contributed by atoms with Gasteiger partial charge in [-0.25, -0.2) is 19.1 Å². The zero-order valence-electron chi connectivity index (χ0n) is 12.8. The van der Waals surface area contributed by atoms with Crippen LogP contribution >= 0.6 is 0 Å². The van der Waals surface area contributed by atoms with Crippen molar-refractivity contribution in [2.75, 3.05) is 7.11 Å². The summed E-state index contributed by atoms with van der Waals surface area (Å²) in [7, 11) is 1.31. The molecule has 0 saturated heterocycles. The number of oxazole rings is 1. The van der Waals surface area contributed by atoms with Crippen molar-refractivity contribution in [3.63, 3.8) is 0 Å². The number of benzene rings is 2. The van der Waals surface area contributed by atoms with Crippen molar-refractivity contribution < 1.29 is 13.9 Å². The Kier molecular flexibility index (Phi) is 3.19. The lowest BCUT2D eigenvalue weighted by molar-refractivity contribution is 0.173. The van der Waals surface area contributed by atoms with Crippen LogP contribution < -0.4 is 5.76 Å². The molecule has 4 aromatic rings. The molecule has 0 unspecified atom stereocenters. The standard InChI is InChI=1S/C17H13N3O4/c1-23-17(22)20-12-7-3-2-6-11(12)18-15(20)10-19-13-8-4-5-9-14(13)24-16(19)21/h2-9H,10H2,1H3. The Morgan fingerprint density at radius 2 is 1.83 bits per heavy atom. The zero-order chi connectivity index (χ0) is 16.7. The molecule has 0 atom stereocenters. The number of hydrogen-bond acceptors (Lipinski definition) is 5. The lowest BCUT2D eigenvalue weighted by Gasteiger charge is -2.06. The van der Waals surface area contributed by atoms with E-state index in [1.165, 1.54) is 16.2 Å². The lowest BCUT2D eigenvalue weighted by atomic mass is 10.3. The van der Waals surface area contributed by atoms with Crippen molar-refractivity contribution in [1.29, 1.82) is 0 Å². The van der Waals surface area contributed by atoms with E-state index in [1.807, 2.05) is 18.2 Å². The third-order valence-corrected chi connectivity index (χ3v) is 3.86. The van der Waals surface area contributed by atoms with E-state index < -0.39 is 11.8 Å². The number of methoxy groups -OCH3 is 1. The number of nitrogens with zero attached hydrogens (tertiary/aromatic N) is 3. The zero-order valence-corrected chi connectivity index (χ0v) is 12.8. The summed E-state index contributed by atoms with van der Waals surface area (Å²) < 4.78 is 12.9. The average Bonchev–Trinajstić information content (AvgIpc) is 3.12. The van der Waals surface area contributed by atoms with E-state index in [2.05, 4.69) is 4.98 Å². The van der Waals surface area contributed by atoms with E-state index in [1.54, 1.807) is 30.3 Å². The van der Waals surface area contributed by atoms with Crippen LogP contribution in [-0.4, -0.2) is 27.3 Å². The van der Waals surface area contributed by atoms with Crippen molar-refractivity contribution in [3.8, 4) is 0 Å². The Morgan fingerprint density at radius 3 is 2.62 bits per heavy atom. The summed E-state index contributed by atoms with van der Waals surface area (Å²) in [6.07, 6.45) is -0.556. The smallest absolute Gasteiger partial charge is 0.420 e. The molecule has 0 N–H and O–H groups in total. The SMILES string of the molecule is COC(=O)n1c(Cn2c(=O)oc3ccccc32)nc2ccccc21. The number of ether oxygens (including phenoxy) is 1. The molecule has 0 spiro atoms. The topological polar surface area (TPSA) is 79.3 Å². The van der Waals surface area contributed by atoms with E-state index >= 15 is 0 Å². The minimum absolute atomic E-state index is 0.0969. The van der Waals surface area contributed by atoms with Gasteiger partial charge in [0.15, 0.2) is 5.58 Å². The number of rotatable bonds is 2. The van der Waals surface area contributed by atoms with E-state index in [9.17, 15) is 9.59 Å². The average molecular weight is 323 g/mol. The molecule has 0 aliphatic carbocycles. The van der Waals surface area contributed by atoms with Gasteiger partial charge in [0.1, 0.15) is 5.82 Å². The van der Waals surface area contributed by atoms with Gasteiger partial charge in [-0.15, -0.1) is 0 Å². The number of hydrogen-bond donors (Lipinski definition) is 0. The molecule has 0 bridgehead atoms. The van der Waals surface area contributed by atoms with Crippen molar-refractivity contribution >= 4 is 28.2 Å². The minimum atomic E-state index is -0.556. The first kappa shape index (κ1) is 14.3. The van der Waals surface area contributed by atoms with Crippen LogP contribution in [0.5, 0.6) is 0 Å². The molecule has 7 nitrogen and oxygen atoms in total. The van der Waals surface area contributed by atoms with Gasteiger partial charge < -0.3 is 9.15 Å². The molecule has 0 aliphatic heterocycles. The van der Waals surface area contributed by atoms with Gasteiger partial charge in [-0.1, -0.05) is 24.3 Å². The summed E-state index contributed by atoms with van der Waals surface area (Å²) in [4.78, 5) is 28.8. The summed E-state index contributed by atoms with van der Waals surface area (Å²) >= 11 is 0. The first-order valence-electron chi connectivity index (χ1n) is 7.32. The van der Waals surface area contributed by atoms with Gasteiger partial charge in [0.25, 0.3) is 0 Å². The van der Waals surface area contributed by atoms with Crippen molar-refractivity contribution in [2.24, 2.45) is 0 Å². The fraction of sp³-hybridized carbons (Fsp3) is 0.118. The molecule has 0 amide bonds. The summed E-state index contributed by atoms with van der Waals surface area (Å²) in [5.41, 5.74) is 2.41. The Labute approximate surface area is 135 Å². The summed E-state index contributed by atoms with van der Waals surface area (Å²) in [5.74, 6) is -0.101. The fourth-order valence-corrected chi connectivity index (χ4v) is 2.78. The van der Waals surface area contributed by atoms with Crippen LogP contribution in [-0.2, 0) is 11.3 Å². The van der Waals surface area contributed by atoms with Crippen LogP contribution in [0.4, 0.5) is 4.79 Å². The monoisotopic (exact) mass is 323 g/mol.